The summed E-state index contributed by atoms with van der Waals surface area (Å²) in [6, 6.07) is 6.81. The monoisotopic (exact) mass is 299 g/mol. The van der Waals surface area contributed by atoms with Crippen molar-refractivity contribution < 1.29 is 9.90 Å². The van der Waals surface area contributed by atoms with Crippen LogP contribution in [0.2, 0.25) is 0 Å². The van der Waals surface area contributed by atoms with Gasteiger partial charge in [-0.1, -0.05) is 12.1 Å². The fourth-order valence-corrected chi connectivity index (χ4v) is 2.98. The van der Waals surface area contributed by atoms with E-state index in [-0.39, 0.29) is 5.56 Å². The number of benzene rings is 1. The van der Waals surface area contributed by atoms with E-state index in [2.05, 4.69) is 10.1 Å². The molecule has 3 aromatic rings. The molecular formula is C15H13N3O2S. The highest BCUT2D eigenvalue weighted by Gasteiger charge is 2.12. The standard InChI is InChI=1S/C15H13N3O2S/c1-9-12(7-18(2)17-9)13-8-21-14(16-13)10-4-3-5-11(6-10)15(19)20/h3-8H,1-2H3,(H,19,20). The van der Waals surface area contributed by atoms with Crippen molar-refractivity contribution in [1.29, 1.82) is 0 Å². The fraction of sp³-hybridized carbons (Fsp3) is 0.133. The Bertz CT molecular complexity index is 820. The van der Waals surface area contributed by atoms with E-state index >= 15 is 0 Å². The SMILES string of the molecule is Cc1nn(C)cc1-c1csc(-c2cccc(C(=O)O)c2)n1. The predicted molar refractivity (Wildman–Crippen MR) is 81.4 cm³/mol. The van der Waals surface area contributed by atoms with E-state index < -0.39 is 5.97 Å². The molecule has 21 heavy (non-hydrogen) atoms. The maximum absolute atomic E-state index is 11.0. The molecule has 106 valence electrons. The van der Waals surface area contributed by atoms with Crippen LogP contribution in [0.25, 0.3) is 21.8 Å². The van der Waals surface area contributed by atoms with Gasteiger partial charge in [-0.05, 0) is 19.1 Å². The molecule has 0 saturated heterocycles. The average Bonchev–Trinajstić information content (AvgIpc) is 3.05. The van der Waals surface area contributed by atoms with E-state index in [1.807, 2.05) is 31.6 Å². The Labute approximate surface area is 125 Å². The first-order valence-electron chi connectivity index (χ1n) is 6.34. The maximum Gasteiger partial charge on any atom is 0.335 e. The van der Waals surface area contributed by atoms with E-state index in [0.29, 0.717) is 0 Å². The summed E-state index contributed by atoms with van der Waals surface area (Å²) >= 11 is 1.49. The van der Waals surface area contributed by atoms with Crippen molar-refractivity contribution in [3.8, 4) is 21.8 Å². The lowest BCUT2D eigenvalue weighted by Gasteiger charge is -1.98. The van der Waals surface area contributed by atoms with Crippen LogP contribution in [0, 0.1) is 6.92 Å². The smallest absolute Gasteiger partial charge is 0.335 e. The molecule has 5 nitrogen and oxygen atoms in total. The average molecular weight is 299 g/mol. The van der Waals surface area contributed by atoms with Crippen molar-refractivity contribution in [1.82, 2.24) is 14.8 Å². The summed E-state index contributed by atoms with van der Waals surface area (Å²) in [7, 11) is 1.88. The Balaban J connectivity index is 2.00. The minimum Gasteiger partial charge on any atom is -0.478 e. The molecule has 0 fully saturated rings. The zero-order valence-corrected chi connectivity index (χ0v) is 12.4. The highest BCUT2D eigenvalue weighted by Crippen LogP contribution is 2.30. The molecule has 0 atom stereocenters. The fourth-order valence-electron chi connectivity index (χ4n) is 2.17. The van der Waals surface area contributed by atoms with Crippen molar-refractivity contribution in [3.05, 3.63) is 47.1 Å². The molecule has 6 heteroatoms. The lowest BCUT2D eigenvalue weighted by atomic mass is 10.1. The van der Waals surface area contributed by atoms with E-state index in [1.165, 1.54) is 11.3 Å². The van der Waals surface area contributed by atoms with E-state index in [0.717, 1.165) is 27.5 Å². The van der Waals surface area contributed by atoms with Crippen molar-refractivity contribution >= 4 is 17.3 Å². The molecule has 1 N–H and O–H groups in total. The minimum absolute atomic E-state index is 0.266. The topological polar surface area (TPSA) is 68.0 Å². The molecule has 0 aliphatic carbocycles. The molecule has 1 aromatic carbocycles. The Morgan fingerprint density at radius 2 is 2.19 bits per heavy atom. The number of carboxylic acids is 1. The van der Waals surface area contributed by atoms with Crippen LogP contribution in [0.4, 0.5) is 0 Å². The molecular weight excluding hydrogens is 286 g/mol. The lowest BCUT2D eigenvalue weighted by molar-refractivity contribution is 0.0697. The van der Waals surface area contributed by atoms with Gasteiger partial charge in [-0.3, -0.25) is 4.68 Å². The van der Waals surface area contributed by atoms with Crippen LogP contribution in [0.5, 0.6) is 0 Å². The summed E-state index contributed by atoms with van der Waals surface area (Å²) < 4.78 is 1.76. The Morgan fingerprint density at radius 1 is 1.38 bits per heavy atom. The van der Waals surface area contributed by atoms with Crippen LogP contribution in [0.15, 0.2) is 35.8 Å². The molecule has 0 amide bonds. The van der Waals surface area contributed by atoms with Crippen molar-refractivity contribution in [2.75, 3.05) is 0 Å². The van der Waals surface area contributed by atoms with Gasteiger partial charge in [0.1, 0.15) is 5.01 Å². The zero-order valence-electron chi connectivity index (χ0n) is 11.6. The number of carbonyl (C=O) groups is 1. The number of aryl methyl sites for hydroxylation is 2. The van der Waals surface area contributed by atoms with Gasteiger partial charge in [0.05, 0.1) is 17.0 Å². The Hall–Kier alpha value is -2.47. The van der Waals surface area contributed by atoms with Crippen molar-refractivity contribution in [2.24, 2.45) is 7.05 Å². The molecule has 0 saturated carbocycles. The third-order valence-electron chi connectivity index (χ3n) is 3.15. The predicted octanol–water partition coefficient (Wildman–Crippen LogP) is 3.22. The number of thiazole rings is 1. The molecule has 0 radical (unpaired) electrons. The number of hydrogen-bond acceptors (Lipinski definition) is 4. The molecule has 0 spiro atoms. The van der Waals surface area contributed by atoms with Gasteiger partial charge in [-0.15, -0.1) is 11.3 Å². The van der Waals surface area contributed by atoms with Gasteiger partial charge in [-0.25, -0.2) is 9.78 Å². The van der Waals surface area contributed by atoms with Crippen molar-refractivity contribution in [3.63, 3.8) is 0 Å². The second-order valence-corrected chi connectivity index (χ2v) is 5.58. The number of carboxylic acid groups (broad SMARTS) is 1. The van der Waals surface area contributed by atoms with Gasteiger partial charge >= 0.3 is 5.97 Å². The second-order valence-electron chi connectivity index (χ2n) is 4.73. The Kier molecular flexibility index (Phi) is 3.31. The van der Waals surface area contributed by atoms with Crippen LogP contribution in [-0.2, 0) is 7.05 Å². The van der Waals surface area contributed by atoms with Gasteiger partial charge < -0.3 is 5.11 Å². The number of aromatic carboxylic acids is 1. The maximum atomic E-state index is 11.0. The largest absolute Gasteiger partial charge is 0.478 e. The van der Waals surface area contributed by atoms with Gasteiger partial charge in [-0.2, -0.15) is 5.10 Å². The van der Waals surface area contributed by atoms with E-state index in [1.54, 1.807) is 22.9 Å². The quantitative estimate of drug-likeness (QED) is 0.806. The molecule has 0 aliphatic heterocycles. The summed E-state index contributed by atoms with van der Waals surface area (Å²) in [6.45, 7) is 1.94. The summed E-state index contributed by atoms with van der Waals surface area (Å²) in [6.07, 6.45) is 1.93. The number of rotatable bonds is 3. The van der Waals surface area contributed by atoms with Gasteiger partial charge in [0.25, 0.3) is 0 Å². The normalized spacial score (nSPS) is 10.8. The first-order chi connectivity index (χ1) is 10.0. The molecule has 2 aromatic heterocycles. The van der Waals surface area contributed by atoms with Gasteiger partial charge in [0, 0.05) is 29.8 Å². The molecule has 0 unspecified atom stereocenters. The lowest BCUT2D eigenvalue weighted by Crippen LogP contribution is -1.95. The number of aromatic nitrogens is 3. The summed E-state index contributed by atoms with van der Waals surface area (Å²) in [5, 5.41) is 16.1. The van der Waals surface area contributed by atoms with Crippen LogP contribution in [0.1, 0.15) is 16.1 Å². The molecule has 2 heterocycles. The third kappa shape index (κ3) is 2.57. The minimum atomic E-state index is -0.934. The number of nitrogens with zero attached hydrogens (tertiary/aromatic N) is 3. The van der Waals surface area contributed by atoms with E-state index in [9.17, 15) is 4.79 Å². The summed E-state index contributed by atoms with van der Waals surface area (Å²) in [5.41, 5.74) is 3.86. The Morgan fingerprint density at radius 3 is 2.86 bits per heavy atom. The first-order valence-corrected chi connectivity index (χ1v) is 7.22. The summed E-state index contributed by atoms with van der Waals surface area (Å²) in [5.74, 6) is -0.934. The van der Waals surface area contributed by atoms with Crippen LogP contribution in [0.3, 0.4) is 0 Å². The highest BCUT2D eigenvalue weighted by atomic mass is 32.1. The first kappa shape index (κ1) is 13.5. The third-order valence-corrected chi connectivity index (χ3v) is 4.04. The highest BCUT2D eigenvalue weighted by molar-refractivity contribution is 7.13. The van der Waals surface area contributed by atoms with Gasteiger partial charge in [0.2, 0.25) is 0 Å². The number of hydrogen-bond donors (Lipinski definition) is 1. The van der Waals surface area contributed by atoms with Crippen LogP contribution >= 0.6 is 11.3 Å². The second kappa shape index (κ2) is 5.14. The molecule has 0 aliphatic rings. The molecule has 3 rings (SSSR count). The van der Waals surface area contributed by atoms with Crippen LogP contribution in [-0.4, -0.2) is 25.8 Å². The molecule has 0 bridgehead atoms. The van der Waals surface area contributed by atoms with Crippen LogP contribution < -0.4 is 0 Å². The summed E-state index contributed by atoms with van der Waals surface area (Å²) in [4.78, 5) is 15.6. The van der Waals surface area contributed by atoms with Gasteiger partial charge in [0.15, 0.2) is 0 Å². The van der Waals surface area contributed by atoms with Crippen molar-refractivity contribution in [2.45, 2.75) is 6.92 Å². The zero-order chi connectivity index (χ0) is 15.0. The van der Waals surface area contributed by atoms with E-state index in [4.69, 9.17) is 5.11 Å².